The molecule has 0 radical (unpaired) electrons. The Morgan fingerprint density at radius 3 is 2.50 bits per heavy atom. The zero-order valence-electron chi connectivity index (χ0n) is 17.0. The number of amides is 2. The summed E-state index contributed by atoms with van der Waals surface area (Å²) in [4.78, 5) is 28.0. The molecule has 10 heteroatoms. The summed E-state index contributed by atoms with van der Waals surface area (Å²) in [6.45, 7) is 1.42. The van der Waals surface area contributed by atoms with Crippen LogP contribution in [-0.4, -0.2) is 63.2 Å². The number of aromatic nitrogens is 1. The minimum atomic E-state index is -0.502. The van der Waals surface area contributed by atoms with Crippen LogP contribution in [0.2, 0.25) is 0 Å². The van der Waals surface area contributed by atoms with E-state index in [2.05, 4.69) is 10.6 Å². The summed E-state index contributed by atoms with van der Waals surface area (Å²) in [6, 6.07) is 3.05. The summed E-state index contributed by atoms with van der Waals surface area (Å²) < 4.78 is 6.36. The Hall–Kier alpha value is -2.07. The van der Waals surface area contributed by atoms with E-state index in [0.717, 1.165) is 50.9 Å². The van der Waals surface area contributed by atoms with Gasteiger partial charge in [-0.05, 0) is 25.7 Å². The zero-order chi connectivity index (χ0) is 21.3. The van der Waals surface area contributed by atoms with Crippen LogP contribution in [-0.2, 0) is 9.53 Å². The molecule has 4 N–H and O–H groups in total. The number of unbranched alkanes of at least 4 members (excludes halogenated alkanes) is 4. The maximum absolute atomic E-state index is 11.7. The van der Waals surface area contributed by atoms with Crippen molar-refractivity contribution in [3.8, 4) is 11.8 Å². The van der Waals surface area contributed by atoms with Crippen molar-refractivity contribution in [2.75, 3.05) is 19.0 Å². The van der Waals surface area contributed by atoms with E-state index in [0.29, 0.717) is 29.0 Å². The Balaban J connectivity index is 1.11. The first-order valence-electron chi connectivity index (χ1n) is 10.6. The Bertz CT molecular complexity index is 693. The maximum atomic E-state index is 11.7. The highest BCUT2D eigenvalue weighted by atomic mass is 32.2. The van der Waals surface area contributed by atoms with E-state index >= 15 is 0 Å². The highest BCUT2D eigenvalue weighted by molar-refractivity contribution is 8.00. The number of rotatable bonds is 13. The van der Waals surface area contributed by atoms with Gasteiger partial charge in [0.1, 0.15) is 0 Å². The van der Waals surface area contributed by atoms with E-state index in [1.807, 2.05) is 11.8 Å². The van der Waals surface area contributed by atoms with Crippen LogP contribution >= 0.6 is 11.8 Å². The van der Waals surface area contributed by atoms with Gasteiger partial charge < -0.3 is 30.4 Å². The third kappa shape index (κ3) is 6.46. The van der Waals surface area contributed by atoms with E-state index in [1.54, 1.807) is 0 Å². The maximum Gasteiger partial charge on any atom is 0.333 e. The highest BCUT2D eigenvalue weighted by Crippen LogP contribution is 2.33. The third-order valence-electron chi connectivity index (χ3n) is 5.38. The number of urea groups is 1. The Labute approximate surface area is 180 Å². The second-order valence-electron chi connectivity index (χ2n) is 7.70. The molecule has 0 spiro atoms. The molecule has 1 aromatic rings. The van der Waals surface area contributed by atoms with Crippen molar-refractivity contribution < 1.29 is 29.4 Å². The zero-order valence-corrected chi connectivity index (χ0v) is 17.9. The first-order valence-corrected chi connectivity index (χ1v) is 11.7. The van der Waals surface area contributed by atoms with E-state index in [4.69, 9.17) is 9.57 Å². The molecule has 0 saturated carbocycles. The molecule has 0 unspecified atom stereocenters. The number of hydrogen-bond donors (Lipinski definition) is 4. The van der Waals surface area contributed by atoms with Crippen molar-refractivity contribution in [3.05, 3.63) is 12.1 Å². The van der Waals surface area contributed by atoms with Crippen molar-refractivity contribution >= 4 is 23.8 Å². The van der Waals surface area contributed by atoms with Gasteiger partial charge in [-0.2, -0.15) is 11.8 Å². The van der Waals surface area contributed by atoms with Gasteiger partial charge in [-0.1, -0.05) is 19.3 Å². The van der Waals surface area contributed by atoms with Crippen molar-refractivity contribution in [3.63, 3.8) is 0 Å². The number of carbonyl (C=O) groups is 2. The van der Waals surface area contributed by atoms with Gasteiger partial charge in [-0.15, -0.1) is 4.73 Å². The Morgan fingerprint density at radius 1 is 1.07 bits per heavy atom. The number of nitrogens with zero attached hydrogens (tertiary/aromatic N) is 1. The average molecular weight is 442 g/mol. The molecule has 2 aliphatic heterocycles. The van der Waals surface area contributed by atoms with Crippen LogP contribution in [0.15, 0.2) is 12.1 Å². The van der Waals surface area contributed by atoms with Gasteiger partial charge in [0.05, 0.1) is 12.1 Å². The van der Waals surface area contributed by atoms with Crippen LogP contribution < -0.4 is 15.5 Å². The fourth-order valence-corrected chi connectivity index (χ4v) is 5.31. The summed E-state index contributed by atoms with van der Waals surface area (Å²) >= 11 is 1.95. The molecule has 2 fully saturated rings. The molecular weight excluding hydrogens is 410 g/mol. The van der Waals surface area contributed by atoms with Gasteiger partial charge in [0, 0.05) is 42.8 Å². The van der Waals surface area contributed by atoms with E-state index < -0.39 is 5.97 Å². The summed E-state index contributed by atoms with van der Waals surface area (Å²) in [6.07, 6.45) is 7.04. The minimum absolute atomic E-state index is 0.0277. The molecule has 1 aromatic heterocycles. The van der Waals surface area contributed by atoms with Gasteiger partial charge >= 0.3 is 12.0 Å². The molecule has 3 rings (SSSR count). The second kappa shape index (κ2) is 11.4. The lowest BCUT2D eigenvalue weighted by Gasteiger charge is -2.16. The van der Waals surface area contributed by atoms with Crippen LogP contribution in [0.5, 0.6) is 11.8 Å². The van der Waals surface area contributed by atoms with Gasteiger partial charge in [-0.3, -0.25) is 0 Å². The molecule has 2 saturated heterocycles. The fraction of sp³-hybridized carbons (Fsp3) is 0.700. The first kappa shape index (κ1) is 22.6. The number of hydrogen-bond acceptors (Lipinski definition) is 7. The molecule has 0 aliphatic carbocycles. The average Bonchev–Trinajstić information content (AvgIpc) is 3.36. The SMILES string of the molecule is O=C1N[C@H]2[C@H](CS[C@H]2CCCCCOCCCCCC(=O)On2c(O)ccc2O)N1. The van der Waals surface area contributed by atoms with Crippen LogP contribution in [0.1, 0.15) is 51.4 Å². The van der Waals surface area contributed by atoms with E-state index in [-0.39, 0.29) is 30.3 Å². The number of carbonyl (C=O) groups excluding carboxylic acids is 2. The molecular formula is C20H31N3O6S. The van der Waals surface area contributed by atoms with Crippen molar-refractivity contribution in [2.24, 2.45) is 0 Å². The number of ether oxygens (including phenoxy) is 1. The van der Waals surface area contributed by atoms with Crippen molar-refractivity contribution in [1.29, 1.82) is 0 Å². The molecule has 168 valence electrons. The van der Waals surface area contributed by atoms with Crippen LogP contribution in [0.3, 0.4) is 0 Å². The summed E-state index contributed by atoms with van der Waals surface area (Å²) in [5, 5.41) is 25.3. The van der Waals surface area contributed by atoms with Crippen molar-refractivity contribution in [2.45, 2.75) is 68.7 Å². The predicted molar refractivity (Wildman–Crippen MR) is 113 cm³/mol. The molecule has 0 aromatic carbocycles. The molecule has 30 heavy (non-hydrogen) atoms. The fourth-order valence-electron chi connectivity index (χ4n) is 3.76. The van der Waals surface area contributed by atoms with E-state index in [9.17, 15) is 19.8 Å². The number of fused-ring (bicyclic) bond motifs is 1. The molecule has 9 nitrogen and oxygen atoms in total. The lowest BCUT2D eigenvalue weighted by molar-refractivity contribution is -0.145. The normalized spacial score (nSPS) is 22.5. The summed E-state index contributed by atoms with van der Waals surface area (Å²) in [5.41, 5.74) is 0. The summed E-state index contributed by atoms with van der Waals surface area (Å²) in [7, 11) is 0. The Kier molecular flexibility index (Phi) is 8.56. The number of nitrogens with one attached hydrogen (secondary N) is 2. The predicted octanol–water partition coefficient (Wildman–Crippen LogP) is 2.16. The third-order valence-corrected chi connectivity index (χ3v) is 6.88. The molecule has 3 atom stereocenters. The molecule has 2 amide bonds. The van der Waals surface area contributed by atoms with Gasteiger partial charge in [0.15, 0.2) is 0 Å². The highest BCUT2D eigenvalue weighted by Gasteiger charge is 2.42. The summed E-state index contributed by atoms with van der Waals surface area (Å²) in [5.74, 6) is -0.130. The lowest BCUT2D eigenvalue weighted by atomic mass is 10.0. The minimum Gasteiger partial charge on any atom is -0.492 e. The largest absolute Gasteiger partial charge is 0.492 e. The number of thioether (sulfide) groups is 1. The molecule has 2 aliphatic rings. The van der Waals surface area contributed by atoms with Crippen molar-refractivity contribution in [1.82, 2.24) is 15.4 Å². The van der Waals surface area contributed by atoms with Gasteiger partial charge in [0.2, 0.25) is 11.8 Å². The second-order valence-corrected chi connectivity index (χ2v) is 8.97. The standard InChI is InChI=1S/C20H31N3O6S/c24-16-9-10-17(25)23(16)29-18(26)8-4-2-6-12-28-11-5-1-3-7-15-19-14(13-30-15)21-20(27)22-19/h9-10,14-15,19,24-25H,1-8,11-13H2,(H2,21,22,27)/t14-,15-,19-/m0/s1. The smallest absolute Gasteiger partial charge is 0.333 e. The van der Waals surface area contributed by atoms with Gasteiger partial charge in [-0.25, -0.2) is 9.59 Å². The van der Waals surface area contributed by atoms with Gasteiger partial charge in [0.25, 0.3) is 0 Å². The Morgan fingerprint density at radius 2 is 1.77 bits per heavy atom. The quantitative estimate of drug-likeness (QED) is 0.273. The monoisotopic (exact) mass is 441 g/mol. The molecule has 3 heterocycles. The number of aromatic hydroxyl groups is 2. The molecule has 0 bridgehead atoms. The van der Waals surface area contributed by atoms with Crippen LogP contribution in [0, 0.1) is 0 Å². The lowest BCUT2D eigenvalue weighted by Crippen LogP contribution is -2.36. The first-order chi connectivity index (χ1) is 14.5. The topological polar surface area (TPSA) is 122 Å². The van der Waals surface area contributed by atoms with E-state index in [1.165, 1.54) is 12.1 Å². The van der Waals surface area contributed by atoms with Crippen LogP contribution in [0.4, 0.5) is 4.79 Å². The van der Waals surface area contributed by atoms with Crippen LogP contribution in [0.25, 0.3) is 0 Å².